The highest BCUT2D eigenvalue weighted by Gasteiger charge is 2.37. The predicted molar refractivity (Wildman–Crippen MR) is 114 cm³/mol. The third kappa shape index (κ3) is 4.46. The molecule has 0 saturated carbocycles. The van der Waals surface area contributed by atoms with E-state index in [1.807, 2.05) is 13.8 Å². The average molecular weight is 519 g/mol. The van der Waals surface area contributed by atoms with Crippen molar-refractivity contribution in [2.24, 2.45) is 5.41 Å². The Hall–Kier alpha value is -1.19. The van der Waals surface area contributed by atoms with Gasteiger partial charge < -0.3 is 10.2 Å². The van der Waals surface area contributed by atoms with Crippen molar-refractivity contribution in [2.45, 2.75) is 64.8 Å². The van der Waals surface area contributed by atoms with Gasteiger partial charge in [-0.2, -0.15) is 13.2 Å². The number of pyridine rings is 1. The number of benzene rings is 1. The molecule has 1 aromatic heterocycles. The minimum Gasteiger partial charge on any atom is -0.388 e. The summed E-state index contributed by atoms with van der Waals surface area (Å²) in [4.78, 5) is 4.82. The lowest BCUT2D eigenvalue weighted by atomic mass is 9.74. The van der Waals surface area contributed by atoms with E-state index in [9.17, 15) is 23.4 Å². The van der Waals surface area contributed by atoms with Crippen molar-refractivity contribution in [3.63, 3.8) is 0 Å². The Labute approximate surface area is 182 Å². The molecule has 3 rings (SSSR count). The molecular weight excluding hydrogens is 494 g/mol. The van der Waals surface area contributed by atoms with Gasteiger partial charge >= 0.3 is 6.18 Å². The van der Waals surface area contributed by atoms with Gasteiger partial charge in [0.1, 0.15) is 6.10 Å². The molecule has 2 aromatic rings. The number of aliphatic hydroxyl groups excluding tert-OH is 2. The number of hydrogen-bond donors (Lipinski definition) is 2. The third-order valence-corrected chi connectivity index (χ3v) is 6.58. The lowest BCUT2D eigenvalue weighted by molar-refractivity contribution is -0.137. The van der Waals surface area contributed by atoms with Crippen LogP contribution < -0.4 is 0 Å². The van der Waals surface area contributed by atoms with Crippen molar-refractivity contribution in [2.75, 3.05) is 0 Å². The molecule has 0 amide bonds. The van der Waals surface area contributed by atoms with E-state index >= 15 is 0 Å². The molecule has 0 spiro atoms. The highest BCUT2D eigenvalue weighted by atomic mass is 127. The average Bonchev–Trinajstić information content (AvgIpc) is 2.58. The molecule has 2 atom stereocenters. The topological polar surface area (TPSA) is 53.4 Å². The zero-order valence-corrected chi connectivity index (χ0v) is 19.0. The molecule has 0 bridgehead atoms. The Kier molecular flexibility index (Phi) is 6.06. The largest absolute Gasteiger partial charge is 0.416 e. The van der Waals surface area contributed by atoms with Crippen LogP contribution in [0.1, 0.15) is 85.9 Å². The van der Waals surface area contributed by atoms with Gasteiger partial charge in [0, 0.05) is 20.4 Å². The fraction of sp³-hybridized carbons (Fsp3) is 0.500. The number of alkyl halides is 3. The fourth-order valence-electron chi connectivity index (χ4n) is 4.00. The number of aromatic nitrogens is 1. The van der Waals surface area contributed by atoms with Crippen LogP contribution in [0.5, 0.6) is 0 Å². The van der Waals surface area contributed by atoms with Gasteiger partial charge in [-0.15, -0.1) is 0 Å². The van der Waals surface area contributed by atoms with E-state index in [0.717, 1.165) is 33.4 Å². The van der Waals surface area contributed by atoms with Crippen LogP contribution in [0.2, 0.25) is 0 Å². The minimum atomic E-state index is -4.43. The molecule has 1 heterocycles. The first-order chi connectivity index (χ1) is 13.3. The molecule has 1 aliphatic carbocycles. The van der Waals surface area contributed by atoms with Gasteiger partial charge in [0.2, 0.25) is 0 Å². The summed E-state index contributed by atoms with van der Waals surface area (Å²) in [6, 6.07) is 4.55. The second-order valence-corrected chi connectivity index (χ2v) is 9.90. The third-order valence-electron chi connectivity index (χ3n) is 5.41. The Morgan fingerprint density at radius 1 is 1.17 bits per heavy atom. The Morgan fingerprint density at radius 3 is 2.28 bits per heavy atom. The summed E-state index contributed by atoms with van der Waals surface area (Å²) in [5.74, 6) is 0.00935. The number of fused-ring (bicyclic) bond motifs is 1. The summed E-state index contributed by atoms with van der Waals surface area (Å²) >= 11 is 2.13. The van der Waals surface area contributed by atoms with E-state index in [1.165, 1.54) is 12.1 Å². The summed E-state index contributed by atoms with van der Waals surface area (Å²) in [5, 5.41) is 21.8. The molecule has 1 aliphatic rings. The first-order valence-corrected chi connectivity index (χ1v) is 10.6. The molecule has 3 nitrogen and oxygen atoms in total. The van der Waals surface area contributed by atoms with E-state index in [0.29, 0.717) is 23.2 Å². The number of rotatable bonds is 3. The Morgan fingerprint density at radius 2 is 1.76 bits per heavy atom. The van der Waals surface area contributed by atoms with Crippen LogP contribution in [0.4, 0.5) is 13.2 Å². The smallest absolute Gasteiger partial charge is 0.388 e. The van der Waals surface area contributed by atoms with Crippen molar-refractivity contribution in [3.8, 4) is 0 Å². The van der Waals surface area contributed by atoms with Crippen molar-refractivity contribution in [1.29, 1.82) is 0 Å². The normalized spacial score (nSPS) is 19.9. The molecule has 0 radical (unpaired) electrons. The molecule has 0 aliphatic heterocycles. The Bertz CT molecular complexity index is 908. The highest BCUT2D eigenvalue weighted by molar-refractivity contribution is 14.1. The Balaban J connectivity index is 2.12. The second kappa shape index (κ2) is 7.81. The zero-order chi connectivity index (χ0) is 21.7. The summed E-state index contributed by atoms with van der Waals surface area (Å²) < 4.78 is 39.4. The lowest BCUT2D eigenvalue weighted by Gasteiger charge is -2.36. The molecule has 0 saturated heterocycles. The van der Waals surface area contributed by atoms with Crippen LogP contribution in [0.15, 0.2) is 24.3 Å². The maximum Gasteiger partial charge on any atom is 0.416 e. The first kappa shape index (κ1) is 22.5. The van der Waals surface area contributed by atoms with Gasteiger partial charge in [0.25, 0.3) is 0 Å². The van der Waals surface area contributed by atoms with Crippen LogP contribution >= 0.6 is 22.6 Å². The minimum absolute atomic E-state index is 0.00935. The van der Waals surface area contributed by atoms with Gasteiger partial charge in [-0.25, -0.2) is 0 Å². The molecule has 7 heteroatoms. The second-order valence-electron chi connectivity index (χ2n) is 8.82. The summed E-state index contributed by atoms with van der Waals surface area (Å²) in [5.41, 5.74) is 2.38. The molecule has 0 unspecified atom stereocenters. The van der Waals surface area contributed by atoms with Crippen molar-refractivity contribution in [1.82, 2.24) is 4.98 Å². The molecule has 1 aromatic carbocycles. The number of hydrogen-bond acceptors (Lipinski definition) is 3. The van der Waals surface area contributed by atoms with E-state index in [2.05, 4.69) is 36.4 Å². The standard InChI is InChI=1S/C22H25F3INO2/c1-11(2)19-17(20(29)12-5-7-13(8-6-12)22(23,24)25)18(26)16-14(27-19)9-21(3,4)10-15(16)28/h5-8,11,15,20,28-29H,9-10H2,1-4H3/t15-,20-/m1/s1. The number of nitrogens with zero attached hydrogens (tertiary/aromatic N) is 1. The molecule has 158 valence electrons. The van der Waals surface area contributed by atoms with Crippen molar-refractivity contribution < 1.29 is 23.4 Å². The molecular formula is C22H25F3INO2. The van der Waals surface area contributed by atoms with Crippen LogP contribution in [-0.4, -0.2) is 15.2 Å². The van der Waals surface area contributed by atoms with Gasteiger partial charge in [-0.1, -0.05) is 39.8 Å². The summed E-state index contributed by atoms with van der Waals surface area (Å²) in [6.45, 7) is 8.12. The van der Waals surface area contributed by atoms with Crippen molar-refractivity contribution >= 4 is 22.6 Å². The molecule has 2 N–H and O–H groups in total. The molecule has 29 heavy (non-hydrogen) atoms. The summed E-state index contributed by atoms with van der Waals surface area (Å²) in [7, 11) is 0. The van der Waals surface area contributed by atoms with Crippen LogP contribution in [0.3, 0.4) is 0 Å². The summed E-state index contributed by atoms with van der Waals surface area (Å²) in [6.07, 6.45) is -4.92. The van der Waals surface area contributed by atoms with Crippen LogP contribution in [0.25, 0.3) is 0 Å². The van der Waals surface area contributed by atoms with Gasteiger partial charge in [0.15, 0.2) is 0 Å². The van der Waals surface area contributed by atoms with E-state index in [1.54, 1.807) is 0 Å². The van der Waals surface area contributed by atoms with Gasteiger partial charge in [-0.05, 0) is 64.5 Å². The fourth-order valence-corrected chi connectivity index (χ4v) is 5.24. The number of halogens is 4. The number of aliphatic hydroxyl groups is 2. The first-order valence-electron chi connectivity index (χ1n) is 9.57. The maximum atomic E-state index is 12.9. The van der Waals surface area contributed by atoms with Gasteiger partial charge in [0.05, 0.1) is 17.4 Å². The monoisotopic (exact) mass is 519 g/mol. The van der Waals surface area contributed by atoms with Crippen LogP contribution in [-0.2, 0) is 12.6 Å². The van der Waals surface area contributed by atoms with Crippen molar-refractivity contribution in [3.05, 3.63) is 61.5 Å². The van der Waals surface area contributed by atoms with E-state index in [4.69, 9.17) is 4.98 Å². The van der Waals surface area contributed by atoms with Gasteiger partial charge in [-0.3, -0.25) is 4.98 Å². The maximum absolute atomic E-state index is 12.9. The quantitative estimate of drug-likeness (QED) is 0.496. The van der Waals surface area contributed by atoms with Crippen LogP contribution in [0, 0.1) is 8.99 Å². The van der Waals surface area contributed by atoms with E-state index < -0.39 is 23.9 Å². The molecule has 0 fully saturated rings. The highest BCUT2D eigenvalue weighted by Crippen LogP contribution is 2.45. The zero-order valence-electron chi connectivity index (χ0n) is 16.8. The lowest BCUT2D eigenvalue weighted by Crippen LogP contribution is -2.29. The van der Waals surface area contributed by atoms with E-state index in [-0.39, 0.29) is 11.3 Å². The predicted octanol–water partition coefficient (Wildman–Crippen LogP) is 5.92. The SMILES string of the molecule is CC(C)c1nc2c(c(I)c1[C@H](O)c1ccc(C(F)(F)F)cc1)[C@H](O)CC(C)(C)C2.